The number of hydrogen-bond acceptors (Lipinski definition) is 8. The molecule has 0 saturated carbocycles. The first-order valence-corrected chi connectivity index (χ1v) is 8.88. The Labute approximate surface area is 156 Å². The van der Waals surface area contributed by atoms with Crippen LogP contribution in [0.1, 0.15) is 6.42 Å². The second kappa shape index (κ2) is 7.52. The fraction of sp³-hybridized carbons (Fsp3) is 0.412. The molecule has 0 radical (unpaired) electrons. The van der Waals surface area contributed by atoms with E-state index in [2.05, 4.69) is 35.3 Å². The highest BCUT2D eigenvalue weighted by Gasteiger charge is 2.22. The van der Waals surface area contributed by atoms with Crippen LogP contribution in [-0.4, -0.2) is 73.2 Å². The van der Waals surface area contributed by atoms with Crippen molar-refractivity contribution < 1.29 is 4.79 Å². The Morgan fingerprint density at radius 1 is 1.11 bits per heavy atom. The Kier molecular flexibility index (Phi) is 4.77. The lowest BCUT2D eigenvalue weighted by atomic mass is 10.2. The van der Waals surface area contributed by atoms with Gasteiger partial charge in [-0.05, 0) is 6.07 Å². The number of carbonyl (C=O) groups is 1. The number of nitrogens with one attached hydrogen (secondary N) is 1. The molecule has 1 amide bonds. The third kappa shape index (κ3) is 3.78. The maximum atomic E-state index is 12.5. The monoisotopic (exact) mass is 367 g/mol. The number of aromatic nitrogens is 6. The molecule has 0 bridgehead atoms. The average Bonchev–Trinajstić information content (AvgIpc) is 3.10. The molecule has 1 saturated heterocycles. The normalized spacial score (nSPS) is 14.6. The number of piperazine rings is 1. The topological polar surface area (TPSA) is 105 Å². The van der Waals surface area contributed by atoms with Gasteiger partial charge in [-0.15, -0.1) is 0 Å². The lowest BCUT2D eigenvalue weighted by Gasteiger charge is -2.34. The standard InChI is InChI=1S/C17H21N9O/c1-24-11-13-15(21-12-22-16(13)23-24)18-6-3-14(27)25-7-9-26(10-8-25)17-19-4-2-5-20-17/h2,4-5,11-12H,3,6-10H2,1H3,(H,18,21,22,23). The van der Waals surface area contributed by atoms with Gasteiger partial charge in [0.25, 0.3) is 0 Å². The molecule has 0 aromatic carbocycles. The average molecular weight is 367 g/mol. The molecule has 10 heteroatoms. The molecule has 0 atom stereocenters. The Balaban J connectivity index is 1.27. The van der Waals surface area contributed by atoms with Gasteiger partial charge in [0.2, 0.25) is 11.9 Å². The van der Waals surface area contributed by atoms with E-state index < -0.39 is 0 Å². The van der Waals surface area contributed by atoms with E-state index in [-0.39, 0.29) is 5.91 Å². The molecule has 140 valence electrons. The molecule has 0 spiro atoms. The molecule has 1 aliphatic heterocycles. The molecule has 1 fully saturated rings. The maximum Gasteiger partial charge on any atom is 0.225 e. The molecule has 4 heterocycles. The second-order valence-electron chi connectivity index (χ2n) is 6.36. The van der Waals surface area contributed by atoms with Crippen molar-refractivity contribution in [2.24, 2.45) is 7.05 Å². The van der Waals surface area contributed by atoms with Crippen molar-refractivity contribution in [2.75, 3.05) is 42.9 Å². The van der Waals surface area contributed by atoms with E-state index in [1.165, 1.54) is 6.33 Å². The summed E-state index contributed by atoms with van der Waals surface area (Å²) in [5.41, 5.74) is 0.639. The summed E-state index contributed by atoms with van der Waals surface area (Å²) in [5, 5.41) is 8.33. The number of carbonyl (C=O) groups excluding carboxylic acids is 1. The van der Waals surface area contributed by atoms with Crippen LogP contribution >= 0.6 is 0 Å². The van der Waals surface area contributed by atoms with Crippen LogP contribution in [0.2, 0.25) is 0 Å². The number of anilines is 2. The highest BCUT2D eigenvalue weighted by Crippen LogP contribution is 2.17. The summed E-state index contributed by atoms with van der Waals surface area (Å²) in [7, 11) is 1.84. The van der Waals surface area contributed by atoms with Gasteiger partial charge in [-0.2, -0.15) is 5.10 Å². The van der Waals surface area contributed by atoms with Gasteiger partial charge < -0.3 is 15.1 Å². The van der Waals surface area contributed by atoms with Gasteiger partial charge in [-0.25, -0.2) is 19.9 Å². The highest BCUT2D eigenvalue weighted by atomic mass is 16.2. The van der Waals surface area contributed by atoms with Gasteiger partial charge in [-0.3, -0.25) is 9.48 Å². The van der Waals surface area contributed by atoms with Gasteiger partial charge in [0, 0.05) is 64.8 Å². The third-order valence-corrected chi connectivity index (χ3v) is 4.53. The largest absolute Gasteiger partial charge is 0.369 e. The molecule has 3 aromatic heterocycles. The molecule has 10 nitrogen and oxygen atoms in total. The second-order valence-corrected chi connectivity index (χ2v) is 6.36. The van der Waals surface area contributed by atoms with Crippen LogP contribution in [0.4, 0.5) is 11.8 Å². The van der Waals surface area contributed by atoms with Crippen LogP contribution in [-0.2, 0) is 11.8 Å². The Bertz CT molecular complexity index is 919. The number of fused-ring (bicyclic) bond motifs is 1. The van der Waals surface area contributed by atoms with E-state index in [0.717, 1.165) is 24.4 Å². The zero-order chi connectivity index (χ0) is 18.6. The maximum absolute atomic E-state index is 12.5. The van der Waals surface area contributed by atoms with Crippen LogP contribution in [0, 0.1) is 0 Å². The predicted molar refractivity (Wildman–Crippen MR) is 100 cm³/mol. The number of nitrogens with zero attached hydrogens (tertiary/aromatic N) is 8. The summed E-state index contributed by atoms with van der Waals surface area (Å²) < 4.78 is 1.70. The summed E-state index contributed by atoms with van der Waals surface area (Å²) in [6, 6.07) is 1.80. The molecular formula is C17H21N9O. The van der Waals surface area contributed by atoms with E-state index in [9.17, 15) is 4.79 Å². The molecule has 27 heavy (non-hydrogen) atoms. The summed E-state index contributed by atoms with van der Waals surface area (Å²) in [5.74, 6) is 1.55. The van der Waals surface area contributed by atoms with E-state index >= 15 is 0 Å². The van der Waals surface area contributed by atoms with Crippen molar-refractivity contribution in [3.8, 4) is 0 Å². The van der Waals surface area contributed by atoms with Crippen molar-refractivity contribution in [2.45, 2.75) is 6.42 Å². The van der Waals surface area contributed by atoms with E-state index in [4.69, 9.17) is 0 Å². The van der Waals surface area contributed by atoms with Crippen molar-refractivity contribution in [1.29, 1.82) is 0 Å². The predicted octanol–water partition coefficient (Wildman–Crippen LogP) is 0.304. The minimum atomic E-state index is 0.132. The molecule has 1 aliphatic rings. The quantitative estimate of drug-likeness (QED) is 0.687. The van der Waals surface area contributed by atoms with Gasteiger partial charge >= 0.3 is 0 Å². The first kappa shape index (κ1) is 17.1. The number of hydrogen-bond donors (Lipinski definition) is 1. The fourth-order valence-electron chi connectivity index (χ4n) is 3.15. The fourth-order valence-corrected chi connectivity index (χ4v) is 3.15. The van der Waals surface area contributed by atoms with Gasteiger partial charge in [0.05, 0.1) is 5.39 Å². The zero-order valence-electron chi connectivity index (χ0n) is 15.1. The Hall–Kier alpha value is -3.30. The molecule has 4 rings (SSSR count). The SMILES string of the molecule is Cn1cc2c(NCCC(=O)N3CCN(c4ncccn4)CC3)ncnc2n1. The first-order chi connectivity index (χ1) is 13.2. The molecule has 0 aliphatic carbocycles. The van der Waals surface area contributed by atoms with Crippen LogP contribution in [0.3, 0.4) is 0 Å². The lowest BCUT2D eigenvalue weighted by Crippen LogP contribution is -2.49. The Morgan fingerprint density at radius 3 is 2.67 bits per heavy atom. The summed E-state index contributed by atoms with van der Waals surface area (Å²) in [6.45, 7) is 3.35. The van der Waals surface area contributed by atoms with Crippen LogP contribution in [0.5, 0.6) is 0 Å². The highest BCUT2D eigenvalue weighted by molar-refractivity contribution is 5.86. The van der Waals surface area contributed by atoms with Crippen molar-refractivity contribution in [1.82, 2.24) is 34.6 Å². The van der Waals surface area contributed by atoms with Crippen LogP contribution in [0.15, 0.2) is 31.0 Å². The Morgan fingerprint density at radius 2 is 1.89 bits per heavy atom. The molecule has 1 N–H and O–H groups in total. The smallest absolute Gasteiger partial charge is 0.225 e. The van der Waals surface area contributed by atoms with Crippen molar-refractivity contribution >= 4 is 28.7 Å². The van der Waals surface area contributed by atoms with Crippen molar-refractivity contribution in [3.63, 3.8) is 0 Å². The van der Waals surface area contributed by atoms with Gasteiger partial charge in [0.1, 0.15) is 12.1 Å². The zero-order valence-corrected chi connectivity index (χ0v) is 15.1. The van der Waals surface area contributed by atoms with Gasteiger partial charge in [0.15, 0.2) is 5.65 Å². The third-order valence-electron chi connectivity index (χ3n) is 4.53. The van der Waals surface area contributed by atoms with E-state index in [0.29, 0.717) is 37.5 Å². The van der Waals surface area contributed by atoms with Crippen LogP contribution in [0.25, 0.3) is 11.0 Å². The number of amides is 1. The summed E-state index contributed by atoms with van der Waals surface area (Å²) in [6.07, 6.45) is 7.22. The number of aryl methyl sites for hydroxylation is 1. The van der Waals surface area contributed by atoms with Crippen LogP contribution < -0.4 is 10.2 Å². The first-order valence-electron chi connectivity index (χ1n) is 8.88. The summed E-state index contributed by atoms with van der Waals surface area (Å²) >= 11 is 0. The summed E-state index contributed by atoms with van der Waals surface area (Å²) in [4.78, 5) is 33.4. The molecule has 3 aromatic rings. The lowest BCUT2D eigenvalue weighted by molar-refractivity contribution is -0.131. The minimum absolute atomic E-state index is 0.132. The molecule has 0 unspecified atom stereocenters. The van der Waals surface area contributed by atoms with Crippen molar-refractivity contribution in [3.05, 3.63) is 31.0 Å². The minimum Gasteiger partial charge on any atom is -0.369 e. The van der Waals surface area contributed by atoms with E-state index in [1.807, 2.05) is 18.1 Å². The number of rotatable bonds is 5. The molecular weight excluding hydrogens is 346 g/mol. The van der Waals surface area contributed by atoms with E-state index in [1.54, 1.807) is 23.1 Å². The van der Waals surface area contributed by atoms with Gasteiger partial charge in [-0.1, -0.05) is 0 Å².